The summed E-state index contributed by atoms with van der Waals surface area (Å²) in [6.07, 6.45) is 0.687. The van der Waals surface area contributed by atoms with Gasteiger partial charge in [0, 0.05) is 17.2 Å². The van der Waals surface area contributed by atoms with Crippen molar-refractivity contribution in [2.24, 2.45) is 0 Å². The highest BCUT2D eigenvalue weighted by Gasteiger charge is 2.07. The molecule has 0 unspecified atom stereocenters. The molecule has 0 bridgehead atoms. The Morgan fingerprint density at radius 2 is 1.45 bits per heavy atom. The molecule has 4 heteroatoms. The van der Waals surface area contributed by atoms with Crippen LogP contribution >= 0.6 is 0 Å². The minimum absolute atomic E-state index is 0.319. The fraction of sp³-hybridized carbons (Fsp3) is 0.0625. The molecular formula is C16H12O4. The average molecular weight is 268 g/mol. The molecule has 3 aromatic rings. The van der Waals surface area contributed by atoms with E-state index in [1.807, 2.05) is 30.3 Å². The zero-order valence-corrected chi connectivity index (χ0v) is 10.8. The van der Waals surface area contributed by atoms with Crippen LogP contribution in [-0.2, 0) is 0 Å². The molecule has 20 heavy (non-hydrogen) atoms. The predicted octanol–water partition coefficient (Wildman–Crippen LogP) is 4.03. The third-order valence-electron chi connectivity index (χ3n) is 2.98. The standard InChI is InChI=1S/C16H12O4/c1-18-16-9-8-15(20-16)12-4-2-11(3-5-12)14-7-6-13(10-17)19-14/h2-10H,1H3. The fourth-order valence-electron chi connectivity index (χ4n) is 1.96. The minimum Gasteiger partial charge on any atom is -0.468 e. The molecule has 0 amide bonds. The Labute approximate surface area is 115 Å². The summed E-state index contributed by atoms with van der Waals surface area (Å²) in [5.41, 5.74) is 1.85. The topological polar surface area (TPSA) is 52.6 Å². The smallest absolute Gasteiger partial charge is 0.284 e. The van der Waals surface area contributed by atoms with Crippen LogP contribution in [0.1, 0.15) is 10.6 Å². The summed E-state index contributed by atoms with van der Waals surface area (Å²) >= 11 is 0. The number of methoxy groups -OCH3 is 1. The van der Waals surface area contributed by atoms with Gasteiger partial charge in [-0.3, -0.25) is 4.79 Å². The lowest BCUT2D eigenvalue weighted by molar-refractivity contribution is 0.110. The van der Waals surface area contributed by atoms with Gasteiger partial charge >= 0.3 is 0 Å². The molecule has 1 aromatic carbocycles. The summed E-state index contributed by atoms with van der Waals surface area (Å²) in [6, 6.07) is 14.7. The maximum atomic E-state index is 10.6. The molecule has 2 aromatic heterocycles. The SMILES string of the molecule is COc1ccc(-c2ccc(-c3ccc(C=O)o3)cc2)o1. The van der Waals surface area contributed by atoms with Crippen LogP contribution < -0.4 is 4.74 Å². The van der Waals surface area contributed by atoms with Gasteiger partial charge in [0.2, 0.25) is 0 Å². The third-order valence-corrected chi connectivity index (χ3v) is 2.98. The van der Waals surface area contributed by atoms with Gasteiger partial charge in [0.05, 0.1) is 7.11 Å². The second-order valence-electron chi connectivity index (χ2n) is 4.22. The lowest BCUT2D eigenvalue weighted by atomic mass is 10.1. The summed E-state index contributed by atoms with van der Waals surface area (Å²) in [7, 11) is 1.56. The Bertz CT molecular complexity index is 719. The lowest BCUT2D eigenvalue weighted by Crippen LogP contribution is -1.78. The molecule has 4 nitrogen and oxygen atoms in total. The van der Waals surface area contributed by atoms with E-state index in [2.05, 4.69) is 0 Å². The molecule has 0 aliphatic carbocycles. The van der Waals surface area contributed by atoms with E-state index in [1.54, 1.807) is 25.3 Å². The van der Waals surface area contributed by atoms with E-state index in [4.69, 9.17) is 13.6 Å². The number of benzene rings is 1. The Kier molecular flexibility index (Phi) is 3.13. The summed E-state index contributed by atoms with van der Waals surface area (Å²) < 4.78 is 15.9. The second-order valence-corrected chi connectivity index (χ2v) is 4.22. The van der Waals surface area contributed by atoms with E-state index in [-0.39, 0.29) is 0 Å². The van der Waals surface area contributed by atoms with Crippen LogP contribution in [0.15, 0.2) is 57.4 Å². The van der Waals surface area contributed by atoms with E-state index in [9.17, 15) is 4.79 Å². The molecule has 0 atom stereocenters. The maximum Gasteiger partial charge on any atom is 0.284 e. The first-order valence-corrected chi connectivity index (χ1v) is 6.10. The maximum absolute atomic E-state index is 10.6. The van der Waals surface area contributed by atoms with E-state index in [1.165, 1.54) is 0 Å². The summed E-state index contributed by atoms with van der Waals surface area (Å²) in [5.74, 6) is 2.20. The van der Waals surface area contributed by atoms with Crippen LogP contribution in [0.4, 0.5) is 0 Å². The molecule has 0 aliphatic rings. The highest BCUT2D eigenvalue weighted by atomic mass is 16.6. The van der Waals surface area contributed by atoms with Gasteiger partial charge in [-0.25, -0.2) is 0 Å². The van der Waals surface area contributed by atoms with Crippen LogP contribution in [0, 0.1) is 0 Å². The van der Waals surface area contributed by atoms with Crippen LogP contribution in [0.2, 0.25) is 0 Å². The fourth-order valence-corrected chi connectivity index (χ4v) is 1.96. The number of ether oxygens (including phenoxy) is 1. The van der Waals surface area contributed by atoms with Crippen molar-refractivity contribution in [1.82, 2.24) is 0 Å². The highest BCUT2D eigenvalue weighted by Crippen LogP contribution is 2.28. The first-order chi connectivity index (χ1) is 9.80. The van der Waals surface area contributed by atoms with Crippen molar-refractivity contribution in [3.63, 3.8) is 0 Å². The zero-order valence-electron chi connectivity index (χ0n) is 10.8. The summed E-state index contributed by atoms with van der Waals surface area (Å²) in [4.78, 5) is 10.6. The van der Waals surface area contributed by atoms with Crippen molar-refractivity contribution >= 4 is 6.29 Å². The molecule has 0 saturated heterocycles. The highest BCUT2D eigenvalue weighted by molar-refractivity contribution is 5.73. The zero-order chi connectivity index (χ0) is 13.9. The Balaban J connectivity index is 1.88. The van der Waals surface area contributed by atoms with Gasteiger partial charge in [-0.2, -0.15) is 0 Å². The number of hydrogen-bond donors (Lipinski definition) is 0. The van der Waals surface area contributed by atoms with Gasteiger partial charge in [-0.15, -0.1) is 0 Å². The van der Waals surface area contributed by atoms with E-state index in [0.717, 1.165) is 16.9 Å². The van der Waals surface area contributed by atoms with Crippen molar-refractivity contribution in [2.75, 3.05) is 7.11 Å². The normalized spacial score (nSPS) is 10.4. The van der Waals surface area contributed by atoms with Gasteiger partial charge in [0.15, 0.2) is 12.0 Å². The van der Waals surface area contributed by atoms with Gasteiger partial charge in [-0.05, 0) is 18.2 Å². The molecule has 100 valence electrons. The van der Waals surface area contributed by atoms with Crippen molar-refractivity contribution in [3.05, 3.63) is 54.3 Å². The largest absolute Gasteiger partial charge is 0.468 e. The Hall–Kier alpha value is -2.75. The third kappa shape index (κ3) is 2.23. The second kappa shape index (κ2) is 5.09. The van der Waals surface area contributed by atoms with E-state index >= 15 is 0 Å². The Morgan fingerprint density at radius 1 is 0.850 bits per heavy atom. The van der Waals surface area contributed by atoms with Crippen LogP contribution in [0.5, 0.6) is 5.95 Å². The van der Waals surface area contributed by atoms with Crippen LogP contribution in [0.25, 0.3) is 22.6 Å². The molecule has 2 heterocycles. The molecular weight excluding hydrogens is 256 g/mol. The quantitative estimate of drug-likeness (QED) is 0.670. The molecule has 0 spiro atoms. The van der Waals surface area contributed by atoms with Crippen molar-refractivity contribution in [1.29, 1.82) is 0 Å². The van der Waals surface area contributed by atoms with Crippen molar-refractivity contribution in [3.8, 4) is 28.6 Å². The number of carbonyl (C=O) groups is 1. The molecule has 3 rings (SSSR count). The van der Waals surface area contributed by atoms with Gasteiger partial charge < -0.3 is 13.6 Å². The Morgan fingerprint density at radius 3 is 1.95 bits per heavy atom. The number of rotatable bonds is 4. The number of carbonyl (C=O) groups excluding carboxylic acids is 1. The first-order valence-electron chi connectivity index (χ1n) is 6.10. The first kappa shape index (κ1) is 12.3. The van der Waals surface area contributed by atoms with Gasteiger partial charge in [0.1, 0.15) is 11.5 Å². The van der Waals surface area contributed by atoms with Crippen LogP contribution in [-0.4, -0.2) is 13.4 Å². The number of furan rings is 2. The average Bonchev–Trinajstić information content (AvgIpc) is 3.16. The van der Waals surface area contributed by atoms with Crippen molar-refractivity contribution < 1.29 is 18.4 Å². The molecule has 0 saturated carbocycles. The summed E-state index contributed by atoms with van der Waals surface area (Å²) in [6.45, 7) is 0. The molecule has 0 radical (unpaired) electrons. The molecule has 0 fully saturated rings. The van der Waals surface area contributed by atoms with Crippen LogP contribution in [0.3, 0.4) is 0 Å². The van der Waals surface area contributed by atoms with E-state index < -0.39 is 0 Å². The van der Waals surface area contributed by atoms with Gasteiger partial charge in [0.25, 0.3) is 5.95 Å². The number of aldehydes is 1. The lowest BCUT2D eigenvalue weighted by Gasteiger charge is -2.00. The monoisotopic (exact) mass is 268 g/mol. The number of hydrogen-bond acceptors (Lipinski definition) is 4. The summed E-state index contributed by atoms with van der Waals surface area (Å²) in [5, 5.41) is 0. The predicted molar refractivity (Wildman–Crippen MR) is 73.8 cm³/mol. The van der Waals surface area contributed by atoms with Gasteiger partial charge in [-0.1, -0.05) is 24.3 Å². The van der Waals surface area contributed by atoms with Crippen molar-refractivity contribution in [2.45, 2.75) is 0 Å². The molecule has 0 N–H and O–H groups in total. The minimum atomic E-state index is 0.319. The van der Waals surface area contributed by atoms with E-state index in [0.29, 0.717) is 23.8 Å². The molecule has 0 aliphatic heterocycles.